The zero-order valence-electron chi connectivity index (χ0n) is 11.7. The Morgan fingerprint density at radius 1 is 1.28 bits per heavy atom. The molecule has 0 aromatic heterocycles. The minimum Gasteiger partial charge on any atom is -0.368 e. The van der Waals surface area contributed by atoms with E-state index < -0.39 is 5.54 Å². The van der Waals surface area contributed by atoms with Crippen molar-refractivity contribution in [2.75, 3.05) is 13.6 Å². The van der Waals surface area contributed by atoms with Gasteiger partial charge in [-0.1, -0.05) is 19.8 Å². The average molecular weight is 253 g/mol. The minimum atomic E-state index is -0.814. The Bertz CT molecular complexity index is 316. The van der Waals surface area contributed by atoms with E-state index in [0.29, 0.717) is 24.4 Å². The van der Waals surface area contributed by atoms with Gasteiger partial charge in [0, 0.05) is 12.6 Å². The van der Waals surface area contributed by atoms with Crippen molar-refractivity contribution >= 4 is 5.91 Å². The van der Waals surface area contributed by atoms with Crippen molar-refractivity contribution in [3.8, 4) is 0 Å². The number of hydrogen-bond acceptors (Lipinski definition) is 3. The highest BCUT2D eigenvalue weighted by Crippen LogP contribution is 2.39. The molecule has 0 aromatic rings. The first-order valence-electron chi connectivity index (χ1n) is 7.24. The molecule has 4 heteroatoms. The quantitative estimate of drug-likeness (QED) is 0.770. The first-order valence-corrected chi connectivity index (χ1v) is 7.24. The fraction of sp³-hybridized carbons (Fsp3) is 0.929. The molecule has 1 amide bonds. The summed E-state index contributed by atoms with van der Waals surface area (Å²) in [7, 11) is 2.10. The molecule has 0 bridgehead atoms. The predicted octanol–water partition coefficient (Wildman–Crippen LogP) is 1.09. The number of amides is 1. The third-order valence-electron chi connectivity index (χ3n) is 4.91. The summed E-state index contributed by atoms with van der Waals surface area (Å²) in [5, 5.41) is 0. The van der Waals surface area contributed by atoms with E-state index in [-0.39, 0.29) is 5.91 Å². The zero-order valence-corrected chi connectivity index (χ0v) is 11.7. The van der Waals surface area contributed by atoms with Crippen LogP contribution in [0.15, 0.2) is 0 Å². The van der Waals surface area contributed by atoms with Gasteiger partial charge in [0.15, 0.2) is 0 Å². The lowest BCUT2D eigenvalue weighted by molar-refractivity contribution is -0.125. The van der Waals surface area contributed by atoms with E-state index in [1.807, 2.05) is 0 Å². The van der Waals surface area contributed by atoms with E-state index in [0.717, 1.165) is 12.8 Å². The van der Waals surface area contributed by atoms with Gasteiger partial charge in [0.25, 0.3) is 0 Å². The topological polar surface area (TPSA) is 72.3 Å². The standard InChI is InChI=1S/C14H27N3O/c1-10-5-3-4-6-12(10)17(2)9-14(16,13(15)18)11-7-8-11/h10-12H,3-9,16H2,1-2H3,(H2,15,18). The second-order valence-corrected chi connectivity index (χ2v) is 6.42. The Kier molecular flexibility index (Phi) is 3.97. The molecule has 2 aliphatic carbocycles. The molecule has 2 rings (SSSR count). The van der Waals surface area contributed by atoms with Crippen LogP contribution >= 0.6 is 0 Å². The van der Waals surface area contributed by atoms with Crippen molar-refractivity contribution in [3.63, 3.8) is 0 Å². The van der Waals surface area contributed by atoms with E-state index in [1.165, 1.54) is 25.7 Å². The molecule has 0 aliphatic heterocycles. The van der Waals surface area contributed by atoms with Gasteiger partial charge in [0.05, 0.1) is 0 Å². The van der Waals surface area contributed by atoms with E-state index in [1.54, 1.807) is 0 Å². The Morgan fingerprint density at radius 3 is 2.39 bits per heavy atom. The first kappa shape index (κ1) is 13.8. The van der Waals surface area contributed by atoms with Crippen molar-refractivity contribution in [1.82, 2.24) is 4.90 Å². The smallest absolute Gasteiger partial charge is 0.239 e. The molecule has 0 spiro atoms. The van der Waals surface area contributed by atoms with Crippen LogP contribution in [0.3, 0.4) is 0 Å². The van der Waals surface area contributed by atoms with Crippen molar-refractivity contribution < 1.29 is 4.79 Å². The number of primary amides is 1. The molecule has 3 unspecified atom stereocenters. The summed E-state index contributed by atoms with van der Waals surface area (Å²) >= 11 is 0. The number of carbonyl (C=O) groups is 1. The molecule has 104 valence electrons. The number of likely N-dealkylation sites (N-methyl/N-ethyl adjacent to an activating group) is 1. The van der Waals surface area contributed by atoms with Gasteiger partial charge < -0.3 is 16.4 Å². The van der Waals surface area contributed by atoms with Crippen molar-refractivity contribution in [2.45, 2.75) is 57.0 Å². The van der Waals surface area contributed by atoms with E-state index in [9.17, 15) is 4.79 Å². The summed E-state index contributed by atoms with van der Waals surface area (Å²) in [4.78, 5) is 14.0. The van der Waals surface area contributed by atoms with E-state index in [2.05, 4.69) is 18.9 Å². The Balaban J connectivity index is 2.00. The summed E-state index contributed by atoms with van der Waals surface area (Å²) in [5.41, 5.74) is 11.0. The predicted molar refractivity (Wildman–Crippen MR) is 72.9 cm³/mol. The molecule has 2 saturated carbocycles. The normalized spacial score (nSPS) is 32.2. The van der Waals surface area contributed by atoms with Gasteiger partial charge in [-0.2, -0.15) is 0 Å². The molecular formula is C14H27N3O. The molecule has 0 radical (unpaired) electrons. The fourth-order valence-electron chi connectivity index (χ4n) is 3.49. The van der Waals surface area contributed by atoms with Crippen LogP contribution < -0.4 is 11.5 Å². The SMILES string of the molecule is CC1CCCCC1N(C)CC(N)(C(N)=O)C1CC1. The van der Waals surface area contributed by atoms with Crippen LogP contribution in [0.1, 0.15) is 45.4 Å². The highest BCUT2D eigenvalue weighted by Gasteiger charge is 2.48. The Hall–Kier alpha value is -0.610. The summed E-state index contributed by atoms with van der Waals surface area (Å²) in [5.74, 6) is 0.664. The molecule has 2 aliphatic rings. The van der Waals surface area contributed by atoms with Crippen molar-refractivity contribution in [1.29, 1.82) is 0 Å². The van der Waals surface area contributed by atoms with E-state index in [4.69, 9.17) is 11.5 Å². The van der Waals surface area contributed by atoms with Crippen LogP contribution in [0.4, 0.5) is 0 Å². The highest BCUT2D eigenvalue weighted by molar-refractivity contribution is 5.85. The Morgan fingerprint density at radius 2 is 1.89 bits per heavy atom. The maximum Gasteiger partial charge on any atom is 0.239 e. The maximum atomic E-state index is 11.7. The van der Waals surface area contributed by atoms with Gasteiger partial charge in [0.1, 0.15) is 5.54 Å². The summed E-state index contributed by atoms with van der Waals surface area (Å²) in [6.07, 6.45) is 7.22. The highest BCUT2D eigenvalue weighted by atomic mass is 16.1. The zero-order chi connectivity index (χ0) is 13.3. The summed E-state index contributed by atoms with van der Waals surface area (Å²) in [6, 6.07) is 0.555. The number of rotatable bonds is 5. The summed E-state index contributed by atoms with van der Waals surface area (Å²) < 4.78 is 0. The van der Waals surface area contributed by atoms with Crippen molar-refractivity contribution in [3.05, 3.63) is 0 Å². The second kappa shape index (κ2) is 5.17. The van der Waals surface area contributed by atoms with Gasteiger partial charge in [0.2, 0.25) is 5.91 Å². The van der Waals surface area contributed by atoms with Gasteiger partial charge >= 0.3 is 0 Å². The molecule has 0 heterocycles. The van der Waals surface area contributed by atoms with Crippen LogP contribution in [0.2, 0.25) is 0 Å². The Labute approximate surface area is 110 Å². The molecule has 3 atom stereocenters. The monoisotopic (exact) mass is 253 g/mol. The molecule has 18 heavy (non-hydrogen) atoms. The van der Waals surface area contributed by atoms with Crippen molar-refractivity contribution in [2.24, 2.45) is 23.3 Å². The fourth-order valence-corrected chi connectivity index (χ4v) is 3.49. The van der Waals surface area contributed by atoms with Crippen LogP contribution in [-0.4, -0.2) is 36.0 Å². The second-order valence-electron chi connectivity index (χ2n) is 6.42. The van der Waals surface area contributed by atoms with Gasteiger partial charge in [-0.25, -0.2) is 0 Å². The summed E-state index contributed by atoms with van der Waals surface area (Å²) in [6.45, 7) is 2.92. The van der Waals surface area contributed by atoms with Crippen LogP contribution in [0.25, 0.3) is 0 Å². The van der Waals surface area contributed by atoms with Crippen LogP contribution in [0, 0.1) is 11.8 Å². The first-order chi connectivity index (χ1) is 8.45. The van der Waals surface area contributed by atoms with Gasteiger partial charge in [-0.05, 0) is 44.6 Å². The van der Waals surface area contributed by atoms with Gasteiger partial charge in [-0.15, -0.1) is 0 Å². The number of nitrogens with two attached hydrogens (primary N) is 2. The number of nitrogens with zero attached hydrogens (tertiary/aromatic N) is 1. The van der Waals surface area contributed by atoms with Crippen LogP contribution in [0.5, 0.6) is 0 Å². The lowest BCUT2D eigenvalue weighted by atomic mass is 9.83. The molecular weight excluding hydrogens is 226 g/mol. The minimum absolute atomic E-state index is 0.302. The molecule has 0 aromatic carbocycles. The molecule has 2 fully saturated rings. The van der Waals surface area contributed by atoms with E-state index >= 15 is 0 Å². The number of hydrogen-bond donors (Lipinski definition) is 2. The largest absolute Gasteiger partial charge is 0.368 e. The third-order valence-corrected chi connectivity index (χ3v) is 4.91. The lowest BCUT2D eigenvalue weighted by Gasteiger charge is -2.40. The molecule has 4 N–H and O–H groups in total. The average Bonchev–Trinajstić information content (AvgIpc) is 3.13. The molecule has 4 nitrogen and oxygen atoms in total. The number of carbonyl (C=O) groups excluding carboxylic acids is 1. The van der Waals surface area contributed by atoms with Gasteiger partial charge in [-0.3, -0.25) is 4.79 Å². The van der Waals surface area contributed by atoms with Crippen LogP contribution in [-0.2, 0) is 4.79 Å². The lowest BCUT2D eigenvalue weighted by Crippen LogP contribution is -2.61. The third kappa shape index (κ3) is 2.69. The maximum absolute atomic E-state index is 11.7. The molecule has 0 saturated heterocycles.